The van der Waals surface area contributed by atoms with Crippen LogP contribution in [0.3, 0.4) is 0 Å². The molecule has 0 saturated carbocycles. The molecule has 0 amide bonds. The summed E-state index contributed by atoms with van der Waals surface area (Å²) in [6, 6.07) is 162. The van der Waals surface area contributed by atoms with E-state index in [1.807, 2.05) is 152 Å². The fourth-order valence-electron chi connectivity index (χ4n) is 18.7. The van der Waals surface area contributed by atoms with Crippen LogP contribution in [0.25, 0.3) is 244 Å². The molecule has 0 aliphatic rings. The molecule has 0 atom stereocenters. The van der Waals surface area contributed by atoms with E-state index < -0.39 is 0 Å². The Morgan fingerprint density at radius 2 is 0.351 bits per heavy atom. The Labute approximate surface area is 775 Å². The van der Waals surface area contributed by atoms with Crippen molar-refractivity contribution in [1.29, 1.82) is 0 Å². The van der Waals surface area contributed by atoms with Crippen LogP contribution in [0.2, 0.25) is 0 Å². The molecule has 0 spiro atoms. The van der Waals surface area contributed by atoms with Gasteiger partial charge in [0.1, 0.15) is 0 Å². The van der Waals surface area contributed by atoms with Crippen molar-refractivity contribution in [1.82, 2.24) is 44.9 Å². The maximum atomic E-state index is 5.04. The van der Waals surface area contributed by atoms with E-state index in [4.69, 9.17) is 44.9 Å². The van der Waals surface area contributed by atoms with Gasteiger partial charge in [-0.25, -0.2) is 44.9 Å². The van der Waals surface area contributed by atoms with Gasteiger partial charge in [-0.3, -0.25) is 0 Å². The molecule has 0 fully saturated rings. The topological polar surface area (TPSA) is 116 Å². The molecule has 25 rings (SSSR count). The number of aromatic nitrogens is 9. The SMILES string of the molecule is CC(C)(C)c1ccc(-c2nc(-c3ccccc3)nc(-c3ccc4ccc5c6ccccc6ccc5c4c3)n2)cc1.c1ccc(-c2nc(-c3ccccc3)nc(-c3cc(-c4ccc5ccc6c7ccccc7ccc6c5c4)c4ccccc4c3)n2)cc1.c1ccc(-c2nc(-c3ccccc3)nc(-c3cccc(-c4cccc(-c5ccc6ccc7c8ccccc8ccc7c6c5)c4)c3)n2)cc1. The number of benzene rings is 22. The highest BCUT2D eigenvalue weighted by Crippen LogP contribution is 2.43. The fourth-order valence-corrected chi connectivity index (χ4v) is 18.7. The van der Waals surface area contributed by atoms with Gasteiger partial charge < -0.3 is 0 Å². The Morgan fingerprint density at radius 1 is 0.127 bits per heavy atom. The second-order valence-corrected chi connectivity index (χ2v) is 35.1. The van der Waals surface area contributed by atoms with Gasteiger partial charge >= 0.3 is 0 Å². The lowest BCUT2D eigenvalue weighted by molar-refractivity contribution is 0.590. The van der Waals surface area contributed by atoms with E-state index in [-0.39, 0.29) is 5.41 Å². The molecule has 3 aromatic heterocycles. The van der Waals surface area contributed by atoms with Crippen LogP contribution in [0.4, 0.5) is 0 Å². The van der Waals surface area contributed by atoms with Crippen LogP contribution in [-0.4, -0.2) is 44.9 Å². The molecule has 0 aliphatic carbocycles. The maximum Gasteiger partial charge on any atom is 0.164 e. The minimum absolute atomic E-state index is 0.0805. The first-order chi connectivity index (χ1) is 66.0. The number of rotatable bonds is 12. The van der Waals surface area contributed by atoms with Gasteiger partial charge in [0.25, 0.3) is 0 Å². The average Bonchev–Trinajstić information content (AvgIpc) is 0.757. The molecule has 630 valence electrons. The summed E-state index contributed by atoms with van der Waals surface area (Å²) in [7, 11) is 0. The largest absolute Gasteiger partial charge is 0.208 e. The van der Waals surface area contributed by atoms with Crippen LogP contribution in [-0.2, 0) is 5.41 Å². The van der Waals surface area contributed by atoms with E-state index in [0.29, 0.717) is 52.4 Å². The highest BCUT2D eigenvalue weighted by Gasteiger charge is 2.22. The third-order valence-corrected chi connectivity index (χ3v) is 25.6. The van der Waals surface area contributed by atoms with Crippen molar-refractivity contribution < 1.29 is 0 Å². The van der Waals surface area contributed by atoms with E-state index in [0.717, 1.165) is 77.7 Å². The van der Waals surface area contributed by atoms with Crippen molar-refractivity contribution in [2.24, 2.45) is 0 Å². The second kappa shape index (κ2) is 34.8. The van der Waals surface area contributed by atoms with Crippen molar-refractivity contribution in [3.05, 3.63) is 467 Å². The van der Waals surface area contributed by atoms with E-state index in [9.17, 15) is 0 Å². The van der Waals surface area contributed by atoms with E-state index in [1.165, 1.54) is 119 Å². The summed E-state index contributed by atoms with van der Waals surface area (Å²) < 4.78 is 0. The first-order valence-electron chi connectivity index (χ1n) is 45.4. The van der Waals surface area contributed by atoms with Crippen molar-refractivity contribution >= 4 is 108 Å². The standard InChI is InChI=1S/C45H29N3.C43H27N3.C37H29N3/c1-3-12-32(13-4-1)43-46-44(33-14-5-2-6-15-33)48-45(47-43)38-19-10-18-36(28-38)34-16-9-17-35(27-34)37-22-21-31-24-25-40-39-20-8-7-11-30(39)23-26-41(40)42(31)29-37;1-3-12-30(13-4-1)41-44-42(31-14-5-2-6-15-31)46-43(45-41)34-25-32-16-8-10-18-36(32)40(27-34)33-20-19-29-22-23-37-35-17-9-7-11-28(35)21-24-38(37)39(29)26-33;1-37(2,3)29-19-15-27(16-20-29)35-38-34(26-10-5-4-6-11-26)39-36(40-35)28-14-13-25-18-21-31-30-12-8-7-9-24(30)17-22-32(31)33(25)23-28/h1-29H;1-27H;4-23H,1-3H3. The summed E-state index contributed by atoms with van der Waals surface area (Å²) in [6.07, 6.45) is 0. The molecule has 0 saturated heterocycles. The highest BCUT2D eigenvalue weighted by atomic mass is 15.1. The Bertz CT molecular complexity index is 8720. The first-order valence-corrected chi connectivity index (χ1v) is 45.4. The van der Waals surface area contributed by atoms with Crippen LogP contribution in [0.5, 0.6) is 0 Å². The number of hydrogen-bond donors (Lipinski definition) is 0. The molecular weight excluding hydrogens is 1630 g/mol. The number of hydrogen-bond acceptors (Lipinski definition) is 9. The molecule has 0 N–H and O–H groups in total. The minimum Gasteiger partial charge on any atom is -0.208 e. The van der Waals surface area contributed by atoms with Gasteiger partial charge in [0.15, 0.2) is 52.4 Å². The summed E-state index contributed by atoms with van der Waals surface area (Å²) in [6.45, 7) is 6.67. The van der Waals surface area contributed by atoms with E-state index in [1.54, 1.807) is 0 Å². The molecular formula is C125H85N9. The van der Waals surface area contributed by atoms with Gasteiger partial charge in [0.05, 0.1) is 0 Å². The van der Waals surface area contributed by atoms with Crippen LogP contribution >= 0.6 is 0 Å². The Balaban J connectivity index is 0.000000114. The molecule has 9 nitrogen and oxygen atoms in total. The van der Waals surface area contributed by atoms with Gasteiger partial charge in [-0.1, -0.05) is 439 Å². The Kier molecular flexibility index (Phi) is 21.0. The highest BCUT2D eigenvalue weighted by molar-refractivity contribution is 6.21. The van der Waals surface area contributed by atoms with Gasteiger partial charge in [0.2, 0.25) is 0 Å². The molecule has 22 aromatic carbocycles. The maximum absolute atomic E-state index is 5.04. The van der Waals surface area contributed by atoms with Crippen molar-refractivity contribution in [2.75, 3.05) is 0 Å². The zero-order valence-corrected chi connectivity index (χ0v) is 73.9. The molecule has 0 unspecified atom stereocenters. The molecule has 0 bridgehead atoms. The monoisotopic (exact) mass is 1710 g/mol. The number of nitrogens with zero attached hydrogens (tertiary/aromatic N) is 9. The lowest BCUT2D eigenvalue weighted by Crippen LogP contribution is -2.10. The third-order valence-electron chi connectivity index (χ3n) is 25.6. The molecule has 9 heteroatoms. The lowest BCUT2D eigenvalue weighted by atomic mass is 9.87. The van der Waals surface area contributed by atoms with Crippen LogP contribution in [0.1, 0.15) is 26.3 Å². The van der Waals surface area contributed by atoms with Crippen molar-refractivity contribution in [3.8, 4) is 136 Å². The fraction of sp³-hybridized carbons (Fsp3) is 0.0320. The zero-order chi connectivity index (χ0) is 89.6. The predicted molar refractivity (Wildman–Crippen MR) is 558 cm³/mol. The Morgan fingerprint density at radius 3 is 0.716 bits per heavy atom. The molecule has 0 aliphatic heterocycles. The summed E-state index contributed by atoms with van der Waals surface area (Å²) in [5.41, 5.74) is 16.9. The third kappa shape index (κ3) is 16.0. The lowest BCUT2D eigenvalue weighted by Gasteiger charge is -2.19. The minimum atomic E-state index is 0.0805. The first kappa shape index (κ1) is 81.0. The molecule has 25 aromatic rings. The smallest absolute Gasteiger partial charge is 0.164 e. The van der Waals surface area contributed by atoms with Crippen LogP contribution in [0, 0.1) is 0 Å². The predicted octanol–water partition coefficient (Wildman–Crippen LogP) is 32.4. The van der Waals surface area contributed by atoms with Crippen molar-refractivity contribution in [3.63, 3.8) is 0 Å². The summed E-state index contributed by atoms with van der Waals surface area (Å²) in [4.78, 5) is 44.6. The summed E-state index contributed by atoms with van der Waals surface area (Å²) >= 11 is 0. The van der Waals surface area contributed by atoms with Gasteiger partial charge in [-0.15, -0.1) is 0 Å². The normalized spacial score (nSPS) is 11.5. The quantitative estimate of drug-likeness (QED) is 0.110. The average molecular weight is 1710 g/mol. The summed E-state index contributed by atoms with van der Waals surface area (Å²) in [5, 5.41) is 24.9. The van der Waals surface area contributed by atoms with Gasteiger partial charge in [-0.05, 0) is 195 Å². The van der Waals surface area contributed by atoms with Crippen LogP contribution < -0.4 is 0 Å². The summed E-state index contributed by atoms with van der Waals surface area (Å²) in [5.74, 6) is 5.94. The molecule has 3 heterocycles. The molecule has 0 radical (unpaired) electrons. The van der Waals surface area contributed by atoms with Gasteiger partial charge in [-0.2, -0.15) is 0 Å². The van der Waals surface area contributed by atoms with E-state index >= 15 is 0 Å². The van der Waals surface area contributed by atoms with Crippen molar-refractivity contribution in [2.45, 2.75) is 26.2 Å². The number of fused-ring (bicyclic) bond motifs is 16. The zero-order valence-electron chi connectivity index (χ0n) is 73.9. The van der Waals surface area contributed by atoms with Crippen LogP contribution in [0.15, 0.2) is 461 Å². The van der Waals surface area contributed by atoms with Gasteiger partial charge in [0, 0.05) is 50.1 Å². The second-order valence-electron chi connectivity index (χ2n) is 35.1. The molecule has 134 heavy (non-hydrogen) atoms. The Hall–Kier alpha value is -17.5. The van der Waals surface area contributed by atoms with E-state index in [2.05, 4.69) is 330 Å².